The van der Waals surface area contributed by atoms with Crippen LogP contribution in [0.3, 0.4) is 0 Å². The van der Waals surface area contributed by atoms with Crippen LogP contribution in [0.25, 0.3) is 0 Å². The summed E-state index contributed by atoms with van der Waals surface area (Å²) >= 11 is 0. The van der Waals surface area contributed by atoms with Crippen LogP contribution in [0.15, 0.2) is 18.2 Å². The van der Waals surface area contributed by atoms with Gasteiger partial charge >= 0.3 is 12.6 Å². The summed E-state index contributed by atoms with van der Waals surface area (Å²) in [5.41, 5.74) is 0.154. The predicted octanol–water partition coefficient (Wildman–Crippen LogP) is 2.98. The molecular weight excluding hydrogens is 320 g/mol. The molecule has 0 radical (unpaired) electrons. The zero-order valence-electron chi connectivity index (χ0n) is 13.5. The highest BCUT2D eigenvalue weighted by atomic mass is 19.3. The Kier molecular flexibility index (Phi) is 4.62. The minimum Gasteiger partial charge on any atom is -0.493 e. The fraction of sp³-hybridized carbons (Fsp3) is 0.588. The van der Waals surface area contributed by atoms with Crippen molar-refractivity contribution in [2.45, 2.75) is 32.4 Å². The van der Waals surface area contributed by atoms with Gasteiger partial charge in [0.1, 0.15) is 0 Å². The summed E-state index contributed by atoms with van der Waals surface area (Å²) in [4.78, 5) is 13.8. The van der Waals surface area contributed by atoms with E-state index in [0.29, 0.717) is 19.5 Å². The molecule has 1 aliphatic carbocycles. The molecule has 2 aliphatic rings. The first kappa shape index (κ1) is 17.0. The molecular formula is C17H21F2NO4. The number of carboxylic acid groups (broad SMARTS) is 1. The zero-order chi connectivity index (χ0) is 17.3. The van der Waals surface area contributed by atoms with E-state index < -0.39 is 18.0 Å². The lowest BCUT2D eigenvalue weighted by molar-refractivity contribution is -0.149. The fourth-order valence-corrected chi connectivity index (χ4v) is 4.13. The predicted molar refractivity (Wildman–Crippen MR) is 82.3 cm³/mol. The van der Waals surface area contributed by atoms with Gasteiger partial charge in [-0.25, -0.2) is 0 Å². The van der Waals surface area contributed by atoms with Gasteiger partial charge in [-0.1, -0.05) is 12.5 Å². The molecule has 1 aromatic rings. The Balaban J connectivity index is 1.74. The quantitative estimate of drug-likeness (QED) is 0.862. The number of ether oxygens (including phenoxy) is 2. The summed E-state index contributed by atoms with van der Waals surface area (Å²) in [5, 5.41) is 9.62. The summed E-state index contributed by atoms with van der Waals surface area (Å²) < 4.78 is 34.6. The molecule has 132 valence electrons. The molecule has 7 heteroatoms. The molecule has 0 aromatic heterocycles. The molecule has 0 bridgehead atoms. The van der Waals surface area contributed by atoms with Crippen molar-refractivity contribution in [1.29, 1.82) is 0 Å². The number of hydrogen-bond donors (Lipinski definition) is 1. The van der Waals surface area contributed by atoms with E-state index >= 15 is 0 Å². The number of alkyl halides is 2. The van der Waals surface area contributed by atoms with E-state index in [2.05, 4.69) is 9.64 Å². The fourth-order valence-electron chi connectivity index (χ4n) is 4.13. The summed E-state index contributed by atoms with van der Waals surface area (Å²) in [6.45, 7) is -1.18. The number of aliphatic carboxylic acids is 1. The van der Waals surface area contributed by atoms with Gasteiger partial charge in [0.25, 0.3) is 0 Å². The zero-order valence-corrected chi connectivity index (χ0v) is 13.5. The van der Waals surface area contributed by atoms with E-state index in [9.17, 15) is 18.7 Å². The number of likely N-dealkylation sites (tertiary alicyclic amines) is 1. The molecule has 5 nitrogen and oxygen atoms in total. The van der Waals surface area contributed by atoms with Gasteiger partial charge in [0.05, 0.1) is 12.5 Å². The summed E-state index contributed by atoms with van der Waals surface area (Å²) in [6, 6.07) is 4.92. The maximum absolute atomic E-state index is 12.5. The third-order valence-electron chi connectivity index (χ3n) is 5.22. The van der Waals surface area contributed by atoms with Crippen LogP contribution < -0.4 is 9.47 Å². The van der Waals surface area contributed by atoms with Crippen LogP contribution in [0.2, 0.25) is 0 Å². The maximum atomic E-state index is 12.5. The number of hydrogen-bond acceptors (Lipinski definition) is 4. The van der Waals surface area contributed by atoms with Crippen molar-refractivity contribution in [2.75, 3.05) is 20.2 Å². The van der Waals surface area contributed by atoms with Crippen LogP contribution in [0, 0.1) is 11.3 Å². The largest absolute Gasteiger partial charge is 0.493 e. The normalized spacial score (nSPS) is 26.6. The first-order chi connectivity index (χ1) is 11.4. The van der Waals surface area contributed by atoms with Crippen molar-refractivity contribution < 1.29 is 28.2 Å². The highest BCUT2D eigenvalue weighted by Crippen LogP contribution is 2.49. The maximum Gasteiger partial charge on any atom is 0.387 e. The SMILES string of the molecule is COc1ccc(CN2C[C@@H]3CCC[C@@]3(C(=O)O)C2)cc1OC(F)F. The third-order valence-corrected chi connectivity index (χ3v) is 5.22. The molecule has 1 N–H and O–H groups in total. The van der Waals surface area contributed by atoms with Gasteiger partial charge in [-0.15, -0.1) is 0 Å². The molecule has 1 saturated carbocycles. The number of carboxylic acids is 1. The Labute approximate surface area is 139 Å². The number of halogens is 2. The average molecular weight is 341 g/mol. The van der Waals surface area contributed by atoms with Crippen LogP contribution >= 0.6 is 0 Å². The number of methoxy groups -OCH3 is 1. The van der Waals surface area contributed by atoms with E-state index in [1.165, 1.54) is 13.2 Å². The molecule has 1 aromatic carbocycles. The summed E-state index contributed by atoms with van der Waals surface area (Å²) in [5.74, 6) is -0.300. The minimum atomic E-state index is -2.92. The van der Waals surface area contributed by atoms with Crippen LogP contribution in [0.1, 0.15) is 24.8 Å². The third kappa shape index (κ3) is 3.05. The Morgan fingerprint density at radius 1 is 1.46 bits per heavy atom. The van der Waals surface area contributed by atoms with E-state index in [0.717, 1.165) is 24.9 Å². The second-order valence-electron chi connectivity index (χ2n) is 6.58. The Morgan fingerprint density at radius 3 is 2.88 bits per heavy atom. The molecule has 1 aliphatic heterocycles. The molecule has 3 rings (SSSR count). The lowest BCUT2D eigenvalue weighted by atomic mass is 9.81. The van der Waals surface area contributed by atoms with Crippen molar-refractivity contribution in [3.63, 3.8) is 0 Å². The Morgan fingerprint density at radius 2 is 2.25 bits per heavy atom. The minimum absolute atomic E-state index is 0.00246. The topological polar surface area (TPSA) is 59.0 Å². The van der Waals surface area contributed by atoms with Gasteiger partial charge < -0.3 is 14.6 Å². The highest BCUT2D eigenvalue weighted by Gasteiger charge is 2.54. The second kappa shape index (κ2) is 6.55. The van der Waals surface area contributed by atoms with Crippen molar-refractivity contribution in [3.05, 3.63) is 23.8 Å². The number of fused-ring (bicyclic) bond motifs is 1. The van der Waals surface area contributed by atoms with E-state index in [1.807, 2.05) is 0 Å². The monoisotopic (exact) mass is 341 g/mol. The van der Waals surface area contributed by atoms with Crippen molar-refractivity contribution in [3.8, 4) is 11.5 Å². The molecule has 0 spiro atoms. The number of rotatable bonds is 6. The number of benzene rings is 1. The van der Waals surface area contributed by atoms with Gasteiger partial charge in [-0.2, -0.15) is 8.78 Å². The van der Waals surface area contributed by atoms with Crippen LogP contribution in [-0.2, 0) is 11.3 Å². The molecule has 0 unspecified atom stereocenters. The molecule has 0 amide bonds. The summed E-state index contributed by atoms with van der Waals surface area (Å²) in [6.07, 6.45) is 2.61. The Bertz CT molecular complexity index is 625. The van der Waals surface area contributed by atoms with Gasteiger partial charge in [-0.05, 0) is 36.5 Å². The Hall–Kier alpha value is -1.89. The molecule has 1 saturated heterocycles. The van der Waals surface area contributed by atoms with Gasteiger partial charge in [0.15, 0.2) is 11.5 Å². The smallest absolute Gasteiger partial charge is 0.387 e. The van der Waals surface area contributed by atoms with Crippen molar-refractivity contribution in [1.82, 2.24) is 4.90 Å². The van der Waals surface area contributed by atoms with Crippen molar-refractivity contribution >= 4 is 5.97 Å². The number of nitrogens with zero attached hydrogens (tertiary/aromatic N) is 1. The highest BCUT2D eigenvalue weighted by molar-refractivity contribution is 5.76. The lowest BCUT2D eigenvalue weighted by Gasteiger charge is -2.23. The van der Waals surface area contributed by atoms with E-state index in [1.54, 1.807) is 12.1 Å². The van der Waals surface area contributed by atoms with Gasteiger partial charge in [-0.3, -0.25) is 9.69 Å². The first-order valence-corrected chi connectivity index (χ1v) is 8.02. The van der Waals surface area contributed by atoms with Gasteiger partial charge in [0, 0.05) is 19.6 Å². The first-order valence-electron chi connectivity index (χ1n) is 8.02. The van der Waals surface area contributed by atoms with Crippen LogP contribution in [0.5, 0.6) is 11.5 Å². The molecule has 2 atom stereocenters. The molecule has 24 heavy (non-hydrogen) atoms. The molecule has 2 fully saturated rings. The van der Waals surface area contributed by atoms with Crippen LogP contribution in [-0.4, -0.2) is 42.8 Å². The number of carbonyl (C=O) groups is 1. The van der Waals surface area contributed by atoms with E-state index in [4.69, 9.17) is 4.74 Å². The van der Waals surface area contributed by atoms with E-state index in [-0.39, 0.29) is 17.4 Å². The van der Waals surface area contributed by atoms with Crippen molar-refractivity contribution in [2.24, 2.45) is 11.3 Å². The van der Waals surface area contributed by atoms with Crippen LogP contribution in [0.4, 0.5) is 8.78 Å². The molecule has 1 heterocycles. The second-order valence-corrected chi connectivity index (χ2v) is 6.58. The lowest BCUT2D eigenvalue weighted by Crippen LogP contribution is -2.35. The summed E-state index contributed by atoms with van der Waals surface area (Å²) in [7, 11) is 1.39. The van der Waals surface area contributed by atoms with Gasteiger partial charge in [0.2, 0.25) is 0 Å². The standard InChI is InChI=1S/C17H21F2NO4/c1-23-13-5-4-11(7-14(13)24-16(18)19)8-20-9-12-3-2-6-17(12,10-20)15(21)22/h4-5,7,12,16H,2-3,6,8-10H2,1H3,(H,21,22)/t12-,17+/m0/s1. The average Bonchev–Trinajstić information content (AvgIpc) is 3.04.